The molecular weight excluding hydrogens is 91.0 g/mol. The van der Waals surface area contributed by atoms with Crippen molar-refractivity contribution in [1.29, 1.82) is 0 Å². The van der Waals surface area contributed by atoms with E-state index >= 15 is 0 Å². The van der Waals surface area contributed by atoms with E-state index in [2.05, 4.69) is 20.8 Å². The highest BCUT2D eigenvalue weighted by atomic mass is 31.1. The van der Waals surface area contributed by atoms with Gasteiger partial charge in [0, 0.05) is 0 Å². The van der Waals surface area contributed by atoms with Crippen molar-refractivity contribution in [2.45, 2.75) is 26.4 Å². The first-order valence-electron chi connectivity index (χ1n) is 2.50. The Hall–Kier alpha value is 0.430. The maximum Gasteiger partial charge on any atom is -0.0294 e. The zero-order chi connectivity index (χ0) is 4.99. The molecule has 6 heavy (non-hydrogen) atoms. The van der Waals surface area contributed by atoms with E-state index in [1.807, 2.05) is 0 Å². The van der Waals surface area contributed by atoms with Gasteiger partial charge < -0.3 is 0 Å². The molecule has 0 aromatic rings. The Morgan fingerprint density at radius 3 is 2.00 bits per heavy atom. The fourth-order valence-electron chi connectivity index (χ4n) is 0.408. The van der Waals surface area contributed by atoms with Crippen LogP contribution in [0.25, 0.3) is 0 Å². The van der Waals surface area contributed by atoms with E-state index in [9.17, 15) is 0 Å². The van der Waals surface area contributed by atoms with Crippen molar-refractivity contribution >= 4 is 8.58 Å². The lowest BCUT2D eigenvalue weighted by Gasteiger charge is -1.96. The van der Waals surface area contributed by atoms with E-state index in [-0.39, 0.29) is 0 Å². The van der Waals surface area contributed by atoms with E-state index in [0.29, 0.717) is 0 Å². The third-order valence-electron chi connectivity index (χ3n) is 0.612. The van der Waals surface area contributed by atoms with E-state index in [1.165, 1.54) is 14.7 Å². The second-order valence-corrected chi connectivity index (χ2v) is 3.98. The molecule has 0 N–H and O–H groups in total. The lowest BCUT2D eigenvalue weighted by atomic mass is 10.6. The molecule has 0 saturated carbocycles. The Morgan fingerprint density at radius 2 is 2.00 bits per heavy atom. The maximum atomic E-state index is 2.27. The van der Waals surface area contributed by atoms with E-state index in [0.717, 1.165) is 5.66 Å². The average Bonchev–Trinajstić information content (AvgIpc) is 1.35. The van der Waals surface area contributed by atoms with Gasteiger partial charge in [0.15, 0.2) is 0 Å². The van der Waals surface area contributed by atoms with Crippen molar-refractivity contribution < 1.29 is 0 Å². The van der Waals surface area contributed by atoms with Gasteiger partial charge in [-0.2, -0.15) is 0 Å². The molecule has 1 atom stereocenters. The molecule has 0 aromatic heterocycles. The molecule has 0 aliphatic rings. The van der Waals surface area contributed by atoms with Gasteiger partial charge >= 0.3 is 0 Å². The molecule has 38 valence electrons. The van der Waals surface area contributed by atoms with Gasteiger partial charge in [-0.1, -0.05) is 20.8 Å². The van der Waals surface area contributed by atoms with Gasteiger partial charge in [-0.05, 0) is 11.8 Å². The molecule has 1 unspecified atom stereocenters. The Balaban J connectivity index is 2.63. The summed E-state index contributed by atoms with van der Waals surface area (Å²) in [4.78, 5) is 0. The van der Waals surface area contributed by atoms with Crippen molar-refractivity contribution in [2.75, 3.05) is 6.16 Å². The third-order valence-corrected chi connectivity index (χ3v) is 1.84. The van der Waals surface area contributed by atoms with Crippen LogP contribution in [0.5, 0.6) is 0 Å². The Bertz CT molecular complexity index is 25.1. The summed E-state index contributed by atoms with van der Waals surface area (Å²) in [7, 11) is 1.17. The lowest BCUT2D eigenvalue weighted by molar-refractivity contribution is 1.10. The normalized spacial score (nSPS) is 12.0. The highest BCUT2D eigenvalue weighted by Crippen LogP contribution is 2.15. The number of hydrogen-bond donors (Lipinski definition) is 0. The maximum absolute atomic E-state index is 2.27. The average molecular weight is 104 g/mol. The zero-order valence-corrected chi connectivity index (χ0v) is 5.78. The molecule has 0 amide bonds. The number of hydrogen-bond acceptors (Lipinski definition) is 0. The summed E-state index contributed by atoms with van der Waals surface area (Å²) < 4.78 is 0. The molecular formula is C5H13P. The van der Waals surface area contributed by atoms with Crippen LogP contribution in [0.1, 0.15) is 20.8 Å². The van der Waals surface area contributed by atoms with E-state index < -0.39 is 0 Å². The lowest BCUT2D eigenvalue weighted by Crippen LogP contribution is -1.80. The fraction of sp³-hybridized carbons (Fsp3) is 1.00. The van der Waals surface area contributed by atoms with Crippen molar-refractivity contribution in [1.82, 2.24) is 0 Å². The van der Waals surface area contributed by atoms with E-state index in [4.69, 9.17) is 0 Å². The molecule has 0 heterocycles. The van der Waals surface area contributed by atoms with Crippen LogP contribution in [-0.4, -0.2) is 11.8 Å². The fourth-order valence-corrected chi connectivity index (χ4v) is 1.22. The topological polar surface area (TPSA) is 0 Å². The molecule has 0 aliphatic heterocycles. The van der Waals surface area contributed by atoms with Crippen LogP contribution < -0.4 is 0 Å². The van der Waals surface area contributed by atoms with Crippen LogP contribution in [-0.2, 0) is 0 Å². The van der Waals surface area contributed by atoms with Crippen molar-refractivity contribution in [2.24, 2.45) is 0 Å². The van der Waals surface area contributed by atoms with Crippen molar-refractivity contribution in [3.05, 3.63) is 0 Å². The van der Waals surface area contributed by atoms with Gasteiger partial charge in [-0.25, -0.2) is 0 Å². The molecule has 0 fully saturated rings. The van der Waals surface area contributed by atoms with Crippen LogP contribution in [0, 0.1) is 0 Å². The quantitative estimate of drug-likeness (QED) is 0.470. The second-order valence-electron chi connectivity index (χ2n) is 1.71. The monoisotopic (exact) mass is 104 g/mol. The van der Waals surface area contributed by atoms with Crippen LogP contribution in [0.4, 0.5) is 0 Å². The van der Waals surface area contributed by atoms with Crippen LogP contribution >= 0.6 is 8.58 Å². The van der Waals surface area contributed by atoms with Crippen LogP contribution in [0.3, 0.4) is 0 Å². The second kappa shape index (κ2) is 3.61. The first-order valence-corrected chi connectivity index (χ1v) is 3.79. The Kier molecular flexibility index (Phi) is 3.87. The predicted octanol–water partition coefficient (Wildman–Crippen LogP) is 2.09. The smallest absolute Gasteiger partial charge is 0.0294 e. The van der Waals surface area contributed by atoms with Crippen LogP contribution in [0.15, 0.2) is 0 Å². The molecule has 1 heteroatoms. The summed E-state index contributed by atoms with van der Waals surface area (Å²) in [6.45, 7) is 6.77. The van der Waals surface area contributed by atoms with Crippen molar-refractivity contribution in [3.8, 4) is 0 Å². The van der Waals surface area contributed by atoms with Gasteiger partial charge in [-0.3, -0.25) is 0 Å². The molecule has 0 radical (unpaired) electrons. The minimum atomic E-state index is 0.926. The Labute approximate surface area is 42.1 Å². The van der Waals surface area contributed by atoms with Gasteiger partial charge in [0.25, 0.3) is 0 Å². The highest BCUT2D eigenvalue weighted by Gasteiger charge is 1.84. The summed E-state index contributed by atoms with van der Waals surface area (Å²) in [6.07, 6.45) is 1.36. The highest BCUT2D eigenvalue weighted by molar-refractivity contribution is 7.38. The SMILES string of the molecule is CCPC(C)C. The molecule has 0 nitrogen and oxygen atoms in total. The Morgan fingerprint density at radius 1 is 1.50 bits per heavy atom. The summed E-state index contributed by atoms with van der Waals surface area (Å²) in [5, 5.41) is 0. The minimum Gasteiger partial charge on any atom is -0.120 e. The predicted molar refractivity (Wildman–Crippen MR) is 34.0 cm³/mol. The summed E-state index contributed by atoms with van der Waals surface area (Å²) in [6, 6.07) is 0. The first-order chi connectivity index (χ1) is 2.77. The zero-order valence-electron chi connectivity index (χ0n) is 4.78. The van der Waals surface area contributed by atoms with Gasteiger partial charge in [0.1, 0.15) is 0 Å². The molecule has 0 rings (SSSR count). The molecule has 0 saturated heterocycles. The molecule has 0 aliphatic carbocycles. The summed E-state index contributed by atoms with van der Waals surface area (Å²) in [5.41, 5.74) is 0.926. The summed E-state index contributed by atoms with van der Waals surface area (Å²) >= 11 is 0. The standard InChI is InChI=1S/C5H13P/c1-4-6-5(2)3/h5-6H,4H2,1-3H3. The molecule has 0 bridgehead atoms. The van der Waals surface area contributed by atoms with E-state index in [1.54, 1.807) is 0 Å². The third kappa shape index (κ3) is 4.43. The summed E-state index contributed by atoms with van der Waals surface area (Å²) in [5.74, 6) is 0. The molecule has 0 aromatic carbocycles. The van der Waals surface area contributed by atoms with Gasteiger partial charge in [0.2, 0.25) is 0 Å². The van der Waals surface area contributed by atoms with Crippen LogP contribution in [0.2, 0.25) is 0 Å². The number of rotatable bonds is 2. The molecule has 0 spiro atoms. The first kappa shape index (κ1) is 6.43. The van der Waals surface area contributed by atoms with Gasteiger partial charge in [-0.15, -0.1) is 8.58 Å². The van der Waals surface area contributed by atoms with Gasteiger partial charge in [0.05, 0.1) is 0 Å². The minimum absolute atomic E-state index is 0.926. The largest absolute Gasteiger partial charge is 0.120 e. The van der Waals surface area contributed by atoms with Crippen molar-refractivity contribution in [3.63, 3.8) is 0 Å².